The Morgan fingerprint density at radius 2 is 2.04 bits per heavy atom. The monoisotopic (exact) mass is 498 g/mol. The Balaban J connectivity index is 0.00000280. The third kappa shape index (κ3) is 7.18. The summed E-state index contributed by atoms with van der Waals surface area (Å²) in [6.45, 7) is 4.90. The number of pyridine rings is 1. The number of aliphatic imine (C=N–C) groups is 1. The van der Waals surface area contributed by atoms with E-state index in [1.807, 2.05) is 12.3 Å². The number of fused-ring (bicyclic) bond motifs is 1. The van der Waals surface area contributed by atoms with E-state index in [2.05, 4.69) is 44.9 Å². The van der Waals surface area contributed by atoms with E-state index in [9.17, 15) is 0 Å². The van der Waals surface area contributed by atoms with Crippen molar-refractivity contribution in [3.8, 4) is 0 Å². The number of ether oxygens (including phenoxy) is 2. The van der Waals surface area contributed by atoms with Crippen LogP contribution in [0.4, 0.5) is 0 Å². The molecule has 1 aliphatic rings. The fraction of sp³-hybridized carbons (Fsp3) is 0.524. The van der Waals surface area contributed by atoms with Crippen molar-refractivity contribution in [3.63, 3.8) is 0 Å². The lowest BCUT2D eigenvalue weighted by atomic mass is 10.0. The molecule has 0 unspecified atom stereocenters. The predicted molar refractivity (Wildman–Crippen MR) is 124 cm³/mol. The maximum absolute atomic E-state index is 5.80. The van der Waals surface area contributed by atoms with E-state index in [1.54, 1.807) is 7.05 Å². The molecule has 154 valence electrons. The summed E-state index contributed by atoms with van der Waals surface area (Å²) in [4.78, 5) is 8.79. The second-order valence-corrected chi connectivity index (χ2v) is 6.83. The van der Waals surface area contributed by atoms with Gasteiger partial charge in [0, 0.05) is 58.1 Å². The highest BCUT2D eigenvalue weighted by Crippen LogP contribution is 2.16. The van der Waals surface area contributed by atoms with Crippen LogP contribution in [0.25, 0.3) is 10.9 Å². The lowest BCUT2D eigenvalue weighted by Gasteiger charge is -2.21. The molecule has 1 aliphatic heterocycles. The van der Waals surface area contributed by atoms with Crippen molar-refractivity contribution in [3.05, 3.63) is 42.1 Å². The summed E-state index contributed by atoms with van der Waals surface area (Å²) < 4.78 is 11.2. The van der Waals surface area contributed by atoms with Crippen molar-refractivity contribution in [2.24, 2.45) is 10.9 Å². The number of benzene rings is 1. The lowest BCUT2D eigenvalue weighted by molar-refractivity contribution is 0.0203. The number of nitrogens with one attached hydrogen (secondary N) is 2. The molecule has 0 saturated carbocycles. The second kappa shape index (κ2) is 12.9. The zero-order valence-corrected chi connectivity index (χ0v) is 18.9. The van der Waals surface area contributed by atoms with Crippen molar-refractivity contribution in [2.75, 3.05) is 40.0 Å². The summed E-state index contributed by atoms with van der Waals surface area (Å²) in [5.74, 6) is 1.46. The molecule has 1 saturated heterocycles. The van der Waals surface area contributed by atoms with Gasteiger partial charge in [-0.15, -0.1) is 24.0 Å². The zero-order valence-electron chi connectivity index (χ0n) is 16.5. The number of hydrogen-bond acceptors (Lipinski definition) is 4. The molecule has 1 fully saturated rings. The minimum absolute atomic E-state index is 0. The Morgan fingerprint density at radius 1 is 1.21 bits per heavy atom. The molecule has 0 radical (unpaired) electrons. The summed E-state index contributed by atoms with van der Waals surface area (Å²) in [6, 6.07) is 10.3. The topological polar surface area (TPSA) is 67.8 Å². The minimum atomic E-state index is 0. The van der Waals surface area contributed by atoms with E-state index in [-0.39, 0.29) is 24.0 Å². The van der Waals surface area contributed by atoms with Gasteiger partial charge in [0.05, 0.1) is 5.52 Å². The largest absolute Gasteiger partial charge is 0.381 e. The molecular weight excluding hydrogens is 467 g/mol. The van der Waals surface area contributed by atoms with Gasteiger partial charge in [-0.3, -0.25) is 9.98 Å². The van der Waals surface area contributed by atoms with E-state index < -0.39 is 0 Å². The average Bonchev–Trinajstić information content (AvgIpc) is 2.73. The second-order valence-electron chi connectivity index (χ2n) is 6.83. The number of halogens is 1. The predicted octanol–water partition coefficient (Wildman–Crippen LogP) is 3.35. The average molecular weight is 498 g/mol. The van der Waals surface area contributed by atoms with E-state index in [1.165, 1.54) is 0 Å². The van der Waals surface area contributed by atoms with Gasteiger partial charge in [-0.1, -0.05) is 24.3 Å². The fourth-order valence-electron chi connectivity index (χ4n) is 3.25. The first-order chi connectivity index (χ1) is 13.4. The first kappa shape index (κ1) is 22.8. The quantitative estimate of drug-likeness (QED) is 0.253. The van der Waals surface area contributed by atoms with Crippen LogP contribution in [0.5, 0.6) is 0 Å². The number of hydrogen-bond donors (Lipinski definition) is 2. The van der Waals surface area contributed by atoms with Gasteiger partial charge in [0.1, 0.15) is 0 Å². The Kier molecular flexibility index (Phi) is 10.5. The highest BCUT2D eigenvalue weighted by Gasteiger charge is 2.13. The number of rotatable bonds is 8. The third-order valence-electron chi connectivity index (χ3n) is 4.84. The van der Waals surface area contributed by atoms with Crippen LogP contribution in [-0.2, 0) is 16.0 Å². The molecule has 2 heterocycles. The van der Waals surface area contributed by atoms with Crippen molar-refractivity contribution in [2.45, 2.75) is 25.8 Å². The van der Waals surface area contributed by atoms with Crippen molar-refractivity contribution in [1.29, 1.82) is 0 Å². The first-order valence-corrected chi connectivity index (χ1v) is 9.79. The van der Waals surface area contributed by atoms with Gasteiger partial charge in [0.15, 0.2) is 5.96 Å². The summed E-state index contributed by atoms with van der Waals surface area (Å²) in [7, 11) is 1.79. The Hall–Kier alpha value is -1.45. The molecule has 1 aromatic carbocycles. The van der Waals surface area contributed by atoms with Crippen LogP contribution in [0.15, 0.2) is 41.5 Å². The molecule has 0 bridgehead atoms. The van der Waals surface area contributed by atoms with Crippen molar-refractivity contribution < 1.29 is 9.47 Å². The molecule has 2 N–H and O–H groups in total. The van der Waals surface area contributed by atoms with Gasteiger partial charge in [-0.25, -0.2) is 0 Å². The van der Waals surface area contributed by atoms with Gasteiger partial charge < -0.3 is 20.1 Å². The molecule has 3 rings (SSSR count). The number of para-hydroxylation sites is 1. The van der Waals surface area contributed by atoms with Crippen molar-refractivity contribution in [1.82, 2.24) is 15.6 Å². The van der Waals surface area contributed by atoms with E-state index in [4.69, 9.17) is 9.47 Å². The molecule has 0 atom stereocenters. The van der Waals surface area contributed by atoms with Crippen LogP contribution in [0, 0.1) is 5.92 Å². The van der Waals surface area contributed by atoms with Gasteiger partial charge >= 0.3 is 0 Å². The van der Waals surface area contributed by atoms with Crippen LogP contribution in [-0.4, -0.2) is 51.0 Å². The third-order valence-corrected chi connectivity index (χ3v) is 4.84. The normalized spacial score (nSPS) is 15.2. The number of guanidine groups is 1. The van der Waals surface area contributed by atoms with Crippen LogP contribution in [0.1, 0.15) is 24.8 Å². The molecule has 0 amide bonds. The Morgan fingerprint density at radius 3 is 2.86 bits per heavy atom. The number of aromatic nitrogens is 1. The molecule has 1 aromatic heterocycles. The molecular formula is C21H31IN4O2. The molecule has 0 spiro atoms. The molecule has 2 aromatic rings. The highest BCUT2D eigenvalue weighted by atomic mass is 127. The van der Waals surface area contributed by atoms with Gasteiger partial charge in [-0.2, -0.15) is 0 Å². The fourth-order valence-corrected chi connectivity index (χ4v) is 3.25. The summed E-state index contributed by atoms with van der Waals surface area (Å²) in [5, 5.41) is 7.86. The van der Waals surface area contributed by atoms with Crippen LogP contribution < -0.4 is 10.6 Å². The highest BCUT2D eigenvalue weighted by molar-refractivity contribution is 14.0. The van der Waals surface area contributed by atoms with E-state index in [0.717, 1.165) is 74.7 Å². The Labute approximate surface area is 184 Å². The minimum Gasteiger partial charge on any atom is -0.381 e. The Bertz CT molecular complexity index is 730. The summed E-state index contributed by atoms with van der Waals surface area (Å²) >= 11 is 0. The van der Waals surface area contributed by atoms with Crippen molar-refractivity contribution >= 4 is 40.8 Å². The summed E-state index contributed by atoms with van der Waals surface area (Å²) in [5.41, 5.74) is 2.19. The summed E-state index contributed by atoms with van der Waals surface area (Å²) in [6.07, 6.45) is 5.04. The number of nitrogens with zero attached hydrogens (tertiary/aromatic N) is 2. The standard InChI is InChI=1S/C21H30N4O2.HI/c1-22-21(24-11-4-12-27-16-17-8-13-26-14-9-17)25-15-19-6-2-5-18-7-3-10-23-20(18)19;/h2-3,5-7,10,17H,4,8-9,11-16H2,1H3,(H2,22,24,25);1H. The van der Waals surface area contributed by atoms with Gasteiger partial charge in [0.2, 0.25) is 0 Å². The molecule has 7 heteroatoms. The van der Waals surface area contributed by atoms with E-state index >= 15 is 0 Å². The zero-order chi connectivity index (χ0) is 18.7. The van der Waals surface area contributed by atoms with Gasteiger partial charge in [-0.05, 0) is 36.8 Å². The maximum atomic E-state index is 5.80. The maximum Gasteiger partial charge on any atom is 0.191 e. The molecule has 0 aliphatic carbocycles. The van der Waals surface area contributed by atoms with E-state index in [0.29, 0.717) is 12.5 Å². The molecule has 28 heavy (non-hydrogen) atoms. The van der Waals surface area contributed by atoms with Crippen LogP contribution in [0.2, 0.25) is 0 Å². The lowest BCUT2D eigenvalue weighted by Crippen LogP contribution is -2.37. The van der Waals surface area contributed by atoms with Crippen LogP contribution >= 0.6 is 24.0 Å². The molecule has 6 nitrogen and oxygen atoms in total. The van der Waals surface area contributed by atoms with Crippen LogP contribution in [0.3, 0.4) is 0 Å². The van der Waals surface area contributed by atoms with Gasteiger partial charge in [0.25, 0.3) is 0 Å². The first-order valence-electron chi connectivity index (χ1n) is 9.79. The smallest absolute Gasteiger partial charge is 0.191 e. The SMILES string of the molecule is CN=C(NCCCOCC1CCOCC1)NCc1cccc2cccnc12.I.